The number of carbonyl (C=O) groups is 1. The Morgan fingerprint density at radius 1 is 1.06 bits per heavy atom. The van der Waals surface area contributed by atoms with Crippen molar-refractivity contribution < 1.29 is 19.0 Å². The average Bonchev–Trinajstić information content (AvgIpc) is 3.52. The number of anilines is 1. The number of nitrogens with zero attached hydrogens (tertiary/aromatic N) is 2. The molecule has 4 aromatic rings. The second kappa shape index (κ2) is 9.60. The van der Waals surface area contributed by atoms with Crippen LogP contribution in [0.5, 0.6) is 17.2 Å². The summed E-state index contributed by atoms with van der Waals surface area (Å²) in [7, 11) is 1.64. The van der Waals surface area contributed by atoms with E-state index in [-0.39, 0.29) is 12.0 Å². The molecule has 3 aromatic carbocycles. The predicted molar refractivity (Wildman–Crippen MR) is 130 cm³/mol. The second-order valence-corrected chi connectivity index (χ2v) is 8.83. The van der Waals surface area contributed by atoms with Gasteiger partial charge in [-0.15, -0.1) is 0 Å². The molecule has 0 radical (unpaired) electrons. The Balaban J connectivity index is 1.41. The van der Waals surface area contributed by atoms with E-state index in [1.54, 1.807) is 24.1 Å². The highest BCUT2D eigenvalue weighted by Gasteiger charge is 2.27. The van der Waals surface area contributed by atoms with Crippen LogP contribution in [0.25, 0.3) is 10.2 Å². The molecule has 1 aromatic heterocycles. The van der Waals surface area contributed by atoms with Gasteiger partial charge in [0.15, 0.2) is 5.13 Å². The van der Waals surface area contributed by atoms with E-state index >= 15 is 0 Å². The third kappa shape index (κ3) is 4.84. The van der Waals surface area contributed by atoms with E-state index in [2.05, 4.69) is 0 Å². The van der Waals surface area contributed by atoms with Crippen molar-refractivity contribution in [3.05, 3.63) is 78.4 Å². The maximum atomic E-state index is 13.6. The van der Waals surface area contributed by atoms with Crippen molar-refractivity contribution in [2.24, 2.45) is 0 Å². The third-order valence-electron chi connectivity index (χ3n) is 5.55. The molecule has 6 nitrogen and oxygen atoms in total. The Morgan fingerprint density at radius 2 is 1.82 bits per heavy atom. The molecule has 168 valence electrons. The lowest BCUT2D eigenvalue weighted by Crippen LogP contribution is -2.37. The molecule has 0 bridgehead atoms. The van der Waals surface area contributed by atoms with Gasteiger partial charge in [0.25, 0.3) is 5.91 Å². The van der Waals surface area contributed by atoms with Crippen molar-refractivity contribution in [2.45, 2.75) is 18.9 Å². The Kier molecular flexibility index (Phi) is 6.24. The van der Waals surface area contributed by atoms with Crippen molar-refractivity contribution in [1.29, 1.82) is 0 Å². The fourth-order valence-electron chi connectivity index (χ4n) is 3.82. The molecule has 33 heavy (non-hydrogen) atoms. The largest absolute Gasteiger partial charge is 0.497 e. The Morgan fingerprint density at radius 3 is 2.55 bits per heavy atom. The molecule has 0 saturated carbocycles. The van der Waals surface area contributed by atoms with Crippen LogP contribution in [0.4, 0.5) is 5.13 Å². The molecule has 1 atom stereocenters. The number of fused-ring (bicyclic) bond motifs is 1. The minimum Gasteiger partial charge on any atom is -0.497 e. The fourth-order valence-corrected chi connectivity index (χ4v) is 4.82. The molecule has 2 heterocycles. The molecule has 0 spiro atoms. The molecule has 0 aliphatic carbocycles. The topological polar surface area (TPSA) is 60.9 Å². The number of amides is 1. The summed E-state index contributed by atoms with van der Waals surface area (Å²) in [6.45, 7) is 1.20. The molecule has 0 N–H and O–H groups in total. The van der Waals surface area contributed by atoms with Crippen LogP contribution in [-0.2, 0) is 4.74 Å². The summed E-state index contributed by atoms with van der Waals surface area (Å²) < 4.78 is 18.0. The number of methoxy groups -OCH3 is 1. The van der Waals surface area contributed by atoms with Gasteiger partial charge in [0, 0.05) is 12.2 Å². The van der Waals surface area contributed by atoms with Gasteiger partial charge in [-0.2, -0.15) is 0 Å². The summed E-state index contributed by atoms with van der Waals surface area (Å²) in [5.41, 5.74) is 1.41. The van der Waals surface area contributed by atoms with E-state index in [1.165, 1.54) is 11.3 Å². The molecule has 1 aliphatic heterocycles. The molecule has 7 heteroatoms. The quantitative estimate of drug-likeness (QED) is 0.342. The van der Waals surface area contributed by atoms with Gasteiger partial charge in [0.05, 0.1) is 30.0 Å². The van der Waals surface area contributed by atoms with Crippen molar-refractivity contribution >= 4 is 32.6 Å². The first kappa shape index (κ1) is 21.4. The summed E-state index contributed by atoms with van der Waals surface area (Å²) in [5, 5.41) is 0.656. The number of thiazole rings is 1. The molecule has 1 unspecified atom stereocenters. The zero-order valence-electron chi connectivity index (χ0n) is 18.3. The van der Waals surface area contributed by atoms with E-state index in [0.29, 0.717) is 23.0 Å². The summed E-state index contributed by atoms with van der Waals surface area (Å²) in [6.07, 6.45) is 1.96. The molecule has 1 saturated heterocycles. The molecule has 5 rings (SSSR count). The first-order valence-electron chi connectivity index (χ1n) is 10.9. The SMILES string of the molecule is COc1ccc2nc(N(CC3CCCO3)C(=O)c3ccc(Oc4ccccc4)cc3)sc2c1. The monoisotopic (exact) mass is 460 g/mol. The van der Waals surface area contributed by atoms with Crippen LogP contribution in [0.3, 0.4) is 0 Å². The molecule has 1 aliphatic rings. The number of hydrogen-bond acceptors (Lipinski definition) is 6. The fraction of sp³-hybridized carbons (Fsp3) is 0.231. The summed E-state index contributed by atoms with van der Waals surface area (Å²) >= 11 is 1.48. The first-order chi connectivity index (χ1) is 16.2. The van der Waals surface area contributed by atoms with Crippen LogP contribution >= 0.6 is 11.3 Å². The highest BCUT2D eigenvalue weighted by atomic mass is 32.1. The number of hydrogen-bond donors (Lipinski definition) is 0. The molecular formula is C26H24N2O4S. The first-order valence-corrected chi connectivity index (χ1v) is 11.7. The smallest absolute Gasteiger partial charge is 0.260 e. The average molecular weight is 461 g/mol. The highest BCUT2D eigenvalue weighted by molar-refractivity contribution is 7.22. The number of aromatic nitrogens is 1. The standard InChI is InChI=1S/C26H24N2O4S/c1-30-21-13-14-23-24(16-21)33-26(27-23)28(17-22-8-5-15-31-22)25(29)18-9-11-20(12-10-18)32-19-6-3-2-4-7-19/h2-4,6-7,9-14,16,22H,5,8,15,17H2,1H3. The summed E-state index contributed by atoms with van der Waals surface area (Å²) in [5.74, 6) is 2.09. The van der Waals surface area contributed by atoms with Crippen molar-refractivity contribution in [3.63, 3.8) is 0 Å². The van der Waals surface area contributed by atoms with Gasteiger partial charge in [-0.1, -0.05) is 29.5 Å². The third-order valence-corrected chi connectivity index (χ3v) is 6.59. The van der Waals surface area contributed by atoms with E-state index < -0.39 is 0 Å². The van der Waals surface area contributed by atoms with Gasteiger partial charge < -0.3 is 14.2 Å². The van der Waals surface area contributed by atoms with Crippen LogP contribution in [0.2, 0.25) is 0 Å². The van der Waals surface area contributed by atoms with Crippen LogP contribution in [0, 0.1) is 0 Å². The number of para-hydroxylation sites is 1. The number of rotatable bonds is 7. The minimum absolute atomic E-state index is 0.0104. The van der Waals surface area contributed by atoms with Crippen molar-refractivity contribution in [3.8, 4) is 17.2 Å². The molecular weight excluding hydrogens is 436 g/mol. The Bertz CT molecular complexity index is 1230. The van der Waals surface area contributed by atoms with E-state index in [9.17, 15) is 4.79 Å². The lowest BCUT2D eigenvalue weighted by molar-refractivity contribution is 0.0917. The number of benzene rings is 3. The zero-order chi connectivity index (χ0) is 22.6. The van der Waals surface area contributed by atoms with E-state index in [1.807, 2.05) is 60.7 Å². The summed E-state index contributed by atoms with van der Waals surface area (Å²) in [4.78, 5) is 20.0. The van der Waals surface area contributed by atoms with Crippen LogP contribution < -0.4 is 14.4 Å². The maximum Gasteiger partial charge on any atom is 0.260 e. The van der Waals surface area contributed by atoms with Gasteiger partial charge in [0.2, 0.25) is 0 Å². The second-order valence-electron chi connectivity index (χ2n) is 7.82. The van der Waals surface area contributed by atoms with E-state index in [4.69, 9.17) is 19.2 Å². The summed E-state index contributed by atoms with van der Waals surface area (Å²) in [6, 6.07) is 22.5. The van der Waals surface area contributed by atoms with Crippen LogP contribution in [0.1, 0.15) is 23.2 Å². The van der Waals surface area contributed by atoms with Crippen LogP contribution in [-0.4, -0.2) is 37.3 Å². The van der Waals surface area contributed by atoms with Crippen LogP contribution in [0.15, 0.2) is 72.8 Å². The predicted octanol–water partition coefficient (Wildman–Crippen LogP) is 5.92. The normalized spacial score (nSPS) is 15.5. The van der Waals surface area contributed by atoms with Gasteiger partial charge in [-0.05, 0) is 67.4 Å². The maximum absolute atomic E-state index is 13.6. The lowest BCUT2D eigenvalue weighted by Gasteiger charge is -2.23. The minimum atomic E-state index is -0.109. The van der Waals surface area contributed by atoms with Gasteiger partial charge in [-0.3, -0.25) is 9.69 Å². The molecule has 1 fully saturated rings. The zero-order valence-corrected chi connectivity index (χ0v) is 19.1. The highest BCUT2D eigenvalue weighted by Crippen LogP contribution is 2.33. The van der Waals surface area contributed by atoms with Crippen molar-refractivity contribution in [1.82, 2.24) is 4.98 Å². The molecule has 1 amide bonds. The lowest BCUT2D eigenvalue weighted by atomic mass is 10.1. The van der Waals surface area contributed by atoms with Gasteiger partial charge in [0.1, 0.15) is 17.2 Å². The van der Waals surface area contributed by atoms with Gasteiger partial charge >= 0.3 is 0 Å². The van der Waals surface area contributed by atoms with E-state index in [0.717, 1.165) is 41.2 Å². The van der Waals surface area contributed by atoms with Gasteiger partial charge in [-0.25, -0.2) is 4.98 Å². The number of ether oxygens (including phenoxy) is 3. The Hall–Kier alpha value is -3.42. The Labute approximate surface area is 196 Å². The number of carbonyl (C=O) groups excluding carboxylic acids is 1. The van der Waals surface area contributed by atoms with Crippen molar-refractivity contribution in [2.75, 3.05) is 25.2 Å².